The molecule has 2 saturated heterocycles. The zero-order valence-corrected chi connectivity index (χ0v) is 17.5. The van der Waals surface area contributed by atoms with Crippen LogP contribution in [0.15, 0.2) is 48.5 Å². The quantitative estimate of drug-likeness (QED) is 0.769. The number of rotatable bonds is 6. The first-order valence-electron chi connectivity index (χ1n) is 10.8. The summed E-state index contributed by atoms with van der Waals surface area (Å²) in [5.74, 6) is 2.17. The number of nitrogens with zero attached hydrogens (tertiary/aromatic N) is 1. The average Bonchev–Trinajstić information content (AvgIpc) is 2.81. The first-order chi connectivity index (χ1) is 14.7. The number of hydrogen-bond acceptors (Lipinski definition) is 5. The molecule has 2 aliphatic rings. The van der Waals surface area contributed by atoms with Gasteiger partial charge in [0.25, 0.3) is 0 Å². The summed E-state index contributed by atoms with van der Waals surface area (Å²) in [5, 5.41) is 3.08. The van der Waals surface area contributed by atoms with E-state index in [-0.39, 0.29) is 11.8 Å². The van der Waals surface area contributed by atoms with Crippen molar-refractivity contribution < 1.29 is 19.0 Å². The van der Waals surface area contributed by atoms with Crippen LogP contribution in [-0.4, -0.2) is 50.3 Å². The smallest absolute Gasteiger partial charge is 0.228 e. The van der Waals surface area contributed by atoms with E-state index in [9.17, 15) is 4.79 Å². The minimum Gasteiger partial charge on any atom is -0.493 e. The van der Waals surface area contributed by atoms with Crippen LogP contribution in [-0.2, 0) is 9.53 Å². The third kappa shape index (κ3) is 5.12. The van der Waals surface area contributed by atoms with E-state index in [0.717, 1.165) is 57.7 Å². The van der Waals surface area contributed by atoms with Gasteiger partial charge < -0.3 is 19.5 Å². The van der Waals surface area contributed by atoms with Gasteiger partial charge in [-0.2, -0.15) is 0 Å². The number of carbonyl (C=O) groups excluding carboxylic acids is 1. The van der Waals surface area contributed by atoms with Gasteiger partial charge in [-0.3, -0.25) is 9.69 Å². The van der Waals surface area contributed by atoms with Crippen LogP contribution in [0.5, 0.6) is 17.2 Å². The number of hydrogen-bond donors (Lipinski definition) is 1. The van der Waals surface area contributed by atoms with Crippen molar-refractivity contribution in [3.63, 3.8) is 0 Å². The standard InChI is InChI=1S/C24H30N2O4/c1-28-22-6-2-3-7-23(22)30-21-10-8-19(9-11-21)25-24(27)18-5-4-14-26(17-18)20-12-15-29-16-13-20/h2-3,6-11,18,20H,4-5,12-17H2,1H3,(H,25,27). The van der Waals surface area contributed by atoms with Crippen LogP contribution in [0.4, 0.5) is 5.69 Å². The Hall–Kier alpha value is -2.57. The molecule has 4 rings (SSSR count). The molecular weight excluding hydrogens is 380 g/mol. The Balaban J connectivity index is 1.33. The summed E-state index contributed by atoms with van der Waals surface area (Å²) < 4.78 is 16.7. The number of carbonyl (C=O) groups is 1. The average molecular weight is 411 g/mol. The van der Waals surface area contributed by atoms with Gasteiger partial charge in [-0.05, 0) is 68.6 Å². The second-order valence-electron chi connectivity index (χ2n) is 7.94. The zero-order chi connectivity index (χ0) is 20.8. The molecule has 6 heteroatoms. The highest BCUT2D eigenvalue weighted by Gasteiger charge is 2.30. The fraction of sp³-hybridized carbons (Fsp3) is 0.458. The Morgan fingerprint density at radius 1 is 1.03 bits per heavy atom. The predicted octanol–water partition coefficient (Wildman–Crippen LogP) is 4.32. The molecule has 30 heavy (non-hydrogen) atoms. The van der Waals surface area contributed by atoms with Crippen molar-refractivity contribution in [3.05, 3.63) is 48.5 Å². The highest BCUT2D eigenvalue weighted by Crippen LogP contribution is 2.31. The van der Waals surface area contributed by atoms with E-state index in [1.165, 1.54) is 0 Å². The van der Waals surface area contributed by atoms with Gasteiger partial charge in [-0.25, -0.2) is 0 Å². The van der Waals surface area contributed by atoms with Crippen molar-refractivity contribution in [1.29, 1.82) is 0 Å². The molecule has 0 saturated carbocycles. The Morgan fingerprint density at radius 3 is 2.50 bits per heavy atom. The Morgan fingerprint density at radius 2 is 1.77 bits per heavy atom. The Labute approximate surface area is 178 Å². The van der Waals surface area contributed by atoms with E-state index in [1.807, 2.05) is 48.5 Å². The minimum absolute atomic E-state index is 0.0334. The Bertz CT molecular complexity index is 833. The molecule has 2 aromatic rings. The van der Waals surface area contributed by atoms with Crippen LogP contribution in [0.3, 0.4) is 0 Å². The molecule has 0 aliphatic carbocycles. The van der Waals surface area contributed by atoms with Crippen molar-refractivity contribution in [3.8, 4) is 17.2 Å². The van der Waals surface area contributed by atoms with Crippen LogP contribution < -0.4 is 14.8 Å². The summed E-state index contributed by atoms with van der Waals surface area (Å²) >= 11 is 0. The number of nitrogens with one attached hydrogen (secondary N) is 1. The molecule has 1 N–H and O–H groups in total. The summed E-state index contributed by atoms with van der Waals surface area (Å²) in [6, 6.07) is 15.6. The molecular formula is C24H30N2O4. The van der Waals surface area contributed by atoms with Gasteiger partial charge in [-0.15, -0.1) is 0 Å². The van der Waals surface area contributed by atoms with Gasteiger partial charge in [-0.1, -0.05) is 12.1 Å². The molecule has 0 bridgehead atoms. The van der Waals surface area contributed by atoms with Crippen LogP contribution in [0, 0.1) is 5.92 Å². The maximum atomic E-state index is 12.8. The fourth-order valence-electron chi connectivity index (χ4n) is 4.28. The lowest BCUT2D eigenvalue weighted by atomic mass is 9.94. The van der Waals surface area contributed by atoms with Crippen molar-refractivity contribution in [2.24, 2.45) is 5.92 Å². The second kappa shape index (κ2) is 9.96. The molecule has 2 fully saturated rings. The molecule has 2 aromatic carbocycles. The largest absolute Gasteiger partial charge is 0.493 e. The van der Waals surface area contributed by atoms with Gasteiger partial charge in [0, 0.05) is 31.5 Å². The number of anilines is 1. The summed E-state index contributed by atoms with van der Waals surface area (Å²) in [6.45, 7) is 3.59. The lowest BCUT2D eigenvalue weighted by molar-refractivity contribution is -0.122. The number of para-hydroxylation sites is 2. The van der Waals surface area contributed by atoms with Crippen LogP contribution in [0.2, 0.25) is 0 Å². The molecule has 2 heterocycles. The van der Waals surface area contributed by atoms with Crippen molar-refractivity contribution in [2.45, 2.75) is 31.7 Å². The molecule has 1 unspecified atom stereocenters. The van der Waals surface area contributed by atoms with E-state index in [0.29, 0.717) is 23.3 Å². The summed E-state index contributed by atoms with van der Waals surface area (Å²) in [5.41, 5.74) is 0.788. The predicted molar refractivity (Wildman–Crippen MR) is 116 cm³/mol. The van der Waals surface area contributed by atoms with E-state index >= 15 is 0 Å². The third-order valence-electron chi connectivity index (χ3n) is 5.95. The molecule has 2 aliphatic heterocycles. The van der Waals surface area contributed by atoms with Crippen LogP contribution in [0.25, 0.3) is 0 Å². The maximum absolute atomic E-state index is 12.8. The van der Waals surface area contributed by atoms with Gasteiger partial charge >= 0.3 is 0 Å². The van der Waals surface area contributed by atoms with E-state index < -0.39 is 0 Å². The van der Waals surface area contributed by atoms with E-state index in [1.54, 1.807) is 7.11 Å². The molecule has 1 amide bonds. The number of ether oxygens (including phenoxy) is 3. The maximum Gasteiger partial charge on any atom is 0.228 e. The van der Waals surface area contributed by atoms with Crippen LogP contribution >= 0.6 is 0 Å². The number of methoxy groups -OCH3 is 1. The zero-order valence-electron chi connectivity index (χ0n) is 17.5. The van der Waals surface area contributed by atoms with Crippen LogP contribution in [0.1, 0.15) is 25.7 Å². The first-order valence-corrected chi connectivity index (χ1v) is 10.8. The fourth-order valence-corrected chi connectivity index (χ4v) is 4.28. The Kier molecular flexibility index (Phi) is 6.87. The highest BCUT2D eigenvalue weighted by atomic mass is 16.5. The second-order valence-corrected chi connectivity index (χ2v) is 7.94. The lowest BCUT2D eigenvalue weighted by Crippen LogP contribution is -2.47. The molecule has 0 spiro atoms. The molecule has 6 nitrogen and oxygen atoms in total. The summed E-state index contributed by atoms with van der Waals surface area (Å²) in [6.07, 6.45) is 4.16. The molecule has 0 aromatic heterocycles. The lowest BCUT2D eigenvalue weighted by Gasteiger charge is -2.39. The van der Waals surface area contributed by atoms with Gasteiger partial charge in [0.05, 0.1) is 13.0 Å². The number of likely N-dealkylation sites (tertiary alicyclic amines) is 1. The SMILES string of the molecule is COc1ccccc1Oc1ccc(NC(=O)C2CCCN(C3CCOCC3)C2)cc1. The number of benzene rings is 2. The van der Waals surface area contributed by atoms with Crippen molar-refractivity contribution in [2.75, 3.05) is 38.7 Å². The van der Waals surface area contributed by atoms with Crippen molar-refractivity contribution in [1.82, 2.24) is 4.90 Å². The third-order valence-corrected chi connectivity index (χ3v) is 5.95. The monoisotopic (exact) mass is 410 g/mol. The van der Waals surface area contributed by atoms with E-state index in [4.69, 9.17) is 14.2 Å². The minimum atomic E-state index is 0.0334. The van der Waals surface area contributed by atoms with E-state index in [2.05, 4.69) is 10.2 Å². The van der Waals surface area contributed by atoms with Crippen molar-refractivity contribution >= 4 is 11.6 Å². The molecule has 160 valence electrons. The molecule has 1 atom stereocenters. The number of piperidine rings is 1. The van der Waals surface area contributed by atoms with Gasteiger partial charge in [0.2, 0.25) is 5.91 Å². The normalized spacial score (nSPS) is 20.5. The van der Waals surface area contributed by atoms with Gasteiger partial charge in [0.15, 0.2) is 11.5 Å². The number of amides is 1. The summed E-state index contributed by atoms with van der Waals surface area (Å²) in [7, 11) is 1.62. The summed E-state index contributed by atoms with van der Waals surface area (Å²) in [4.78, 5) is 15.3. The van der Waals surface area contributed by atoms with Gasteiger partial charge in [0.1, 0.15) is 5.75 Å². The highest BCUT2D eigenvalue weighted by molar-refractivity contribution is 5.92. The first kappa shape index (κ1) is 20.7. The topological polar surface area (TPSA) is 60.0 Å². The molecule has 0 radical (unpaired) electrons.